The minimum Gasteiger partial charge on any atom is -0.340 e. The van der Waals surface area contributed by atoms with Gasteiger partial charge in [-0.15, -0.1) is 12.4 Å². The van der Waals surface area contributed by atoms with E-state index in [9.17, 15) is 9.59 Å². The van der Waals surface area contributed by atoms with Gasteiger partial charge in [-0.25, -0.2) is 0 Å². The van der Waals surface area contributed by atoms with Crippen molar-refractivity contribution < 1.29 is 9.59 Å². The minimum atomic E-state index is 0. The highest BCUT2D eigenvalue weighted by Gasteiger charge is 2.30. The summed E-state index contributed by atoms with van der Waals surface area (Å²) < 4.78 is 0. The fraction of sp³-hybridized carbons (Fsp3) is 0.529. The molecule has 126 valence electrons. The van der Waals surface area contributed by atoms with Crippen LogP contribution < -0.4 is 5.32 Å². The molecule has 0 saturated carbocycles. The first-order valence-corrected chi connectivity index (χ1v) is 8.09. The van der Waals surface area contributed by atoms with Gasteiger partial charge in [0.15, 0.2) is 0 Å². The molecule has 2 aliphatic rings. The predicted octanol–water partition coefficient (Wildman–Crippen LogP) is 1.39. The van der Waals surface area contributed by atoms with Gasteiger partial charge in [0.05, 0.1) is 0 Å². The van der Waals surface area contributed by atoms with Crippen LogP contribution in [0.25, 0.3) is 0 Å². The first-order chi connectivity index (χ1) is 10.8. The third-order valence-electron chi connectivity index (χ3n) is 4.58. The van der Waals surface area contributed by atoms with Crippen molar-refractivity contribution in [2.75, 3.05) is 39.3 Å². The largest absolute Gasteiger partial charge is 0.340 e. The molecule has 1 aromatic carbocycles. The Kier molecular flexibility index (Phi) is 6.42. The number of likely N-dealkylation sites (tertiary alicyclic amines) is 1. The molecule has 2 heterocycles. The second-order valence-corrected chi connectivity index (χ2v) is 6.01. The molecule has 0 bridgehead atoms. The fourth-order valence-corrected chi connectivity index (χ4v) is 3.24. The van der Waals surface area contributed by atoms with E-state index in [1.54, 1.807) is 0 Å². The Bertz CT molecular complexity index is 524. The maximum Gasteiger partial charge on any atom is 0.253 e. The molecule has 3 rings (SSSR count). The zero-order chi connectivity index (χ0) is 15.4. The molecule has 6 heteroatoms. The number of benzene rings is 1. The molecule has 0 spiro atoms. The number of hydrogen-bond acceptors (Lipinski definition) is 3. The van der Waals surface area contributed by atoms with Crippen LogP contribution in [0.2, 0.25) is 0 Å². The van der Waals surface area contributed by atoms with Crippen LogP contribution >= 0.6 is 12.4 Å². The number of carbonyl (C=O) groups is 2. The monoisotopic (exact) mass is 337 g/mol. The van der Waals surface area contributed by atoms with Crippen molar-refractivity contribution in [2.24, 2.45) is 5.92 Å². The SMILES string of the molecule is Cl.O=C(c1ccccc1)N1CCC(C(=O)N2CCNCC2)CC1. The maximum atomic E-state index is 12.5. The van der Waals surface area contributed by atoms with Gasteiger partial charge in [-0.3, -0.25) is 9.59 Å². The van der Waals surface area contributed by atoms with Crippen LogP contribution in [0.3, 0.4) is 0 Å². The topological polar surface area (TPSA) is 52.7 Å². The summed E-state index contributed by atoms with van der Waals surface area (Å²) in [5, 5.41) is 3.27. The molecule has 1 aromatic rings. The summed E-state index contributed by atoms with van der Waals surface area (Å²) in [5.74, 6) is 0.430. The molecular formula is C17H24ClN3O2. The van der Waals surface area contributed by atoms with Crippen molar-refractivity contribution in [3.05, 3.63) is 35.9 Å². The van der Waals surface area contributed by atoms with E-state index in [-0.39, 0.29) is 30.1 Å². The number of amides is 2. The summed E-state index contributed by atoms with van der Waals surface area (Å²) in [4.78, 5) is 28.7. The highest BCUT2D eigenvalue weighted by atomic mass is 35.5. The first kappa shape index (κ1) is 17.8. The number of carbonyl (C=O) groups excluding carboxylic acids is 2. The van der Waals surface area contributed by atoms with E-state index in [1.165, 1.54) is 0 Å². The van der Waals surface area contributed by atoms with Crippen LogP contribution in [-0.2, 0) is 4.79 Å². The first-order valence-electron chi connectivity index (χ1n) is 8.09. The van der Waals surface area contributed by atoms with Gasteiger partial charge in [-0.1, -0.05) is 18.2 Å². The highest BCUT2D eigenvalue weighted by molar-refractivity contribution is 5.94. The predicted molar refractivity (Wildman–Crippen MR) is 91.8 cm³/mol. The van der Waals surface area contributed by atoms with Gasteiger partial charge in [0, 0.05) is 50.7 Å². The Hall–Kier alpha value is -1.59. The molecule has 23 heavy (non-hydrogen) atoms. The second-order valence-electron chi connectivity index (χ2n) is 6.01. The second kappa shape index (κ2) is 8.31. The van der Waals surface area contributed by atoms with Crippen molar-refractivity contribution in [3.63, 3.8) is 0 Å². The molecule has 2 aliphatic heterocycles. The van der Waals surface area contributed by atoms with Gasteiger partial charge in [0.1, 0.15) is 0 Å². The summed E-state index contributed by atoms with van der Waals surface area (Å²) in [6.45, 7) is 4.74. The van der Waals surface area contributed by atoms with E-state index in [2.05, 4.69) is 5.32 Å². The molecule has 0 radical (unpaired) electrons. The molecule has 0 unspecified atom stereocenters. The van der Waals surface area contributed by atoms with Crippen molar-refractivity contribution in [2.45, 2.75) is 12.8 Å². The van der Waals surface area contributed by atoms with E-state index < -0.39 is 0 Å². The van der Waals surface area contributed by atoms with Gasteiger partial charge in [-0.2, -0.15) is 0 Å². The number of hydrogen-bond donors (Lipinski definition) is 1. The van der Waals surface area contributed by atoms with Crippen molar-refractivity contribution in [1.82, 2.24) is 15.1 Å². The summed E-state index contributed by atoms with van der Waals surface area (Å²) in [5.41, 5.74) is 0.731. The molecule has 2 fully saturated rings. The van der Waals surface area contributed by atoms with Crippen LogP contribution in [0.5, 0.6) is 0 Å². The zero-order valence-electron chi connectivity index (χ0n) is 13.2. The lowest BCUT2D eigenvalue weighted by atomic mass is 9.94. The van der Waals surface area contributed by atoms with E-state index in [0.717, 1.165) is 44.6 Å². The maximum absolute atomic E-state index is 12.5. The normalized spacial score (nSPS) is 19.1. The molecule has 2 saturated heterocycles. The lowest BCUT2D eigenvalue weighted by Crippen LogP contribution is -2.50. The van der Waals surface area contributed by atoms with Gasteiger partial charge < -0.3 is 15.1 Å². The minimum absolute atomic E-state index is 0. The van der Waals surface area contributed by atoms with Gasteiger partial charge in [-0.05, 0) is 25.0 Å². The summed E-state index contributed by atoms with van der Waals surface area (Å²) in [6.07, 6.45) is 1.56. The Labute approximate surface area is 143 Å². The Morgan fingerprint density at radius 1 is 0.913 bits per heavy atom. The molecule has 5 nitrogen and oxygen atoms in total. The molecular weight excluding hydrogens is 314 g/mol. The third-order valence-corrected chi connectivity index (χ3v) is 4.58. The number of rotatable bonds is 2. The Morgan fingerprint density at radius 3 is 2.13 bits per heavy atom. The molecule has 0 aromatic heterocycles. The lowest BCUT2D eigenvalue weighted by molar-refractivity contribution is -0.137. The van der Waals surface area contributed by atoms with Crippen LogP contribution in [0.1, 0.15) is 23.2 Å². The average Bonchev–Trinajstić information content (AvgIpc) is 2.62. The number of nitrogens with one attached hydrogen (secondary N) is 1. The zero-order valence-corrected chi connectivity index (χ0v) is 14.1. The van der Waals surface area contributed by atoms with E-state index >= 15 is 0 Å². The number of halogens is 1. The van der Waals surface area contributed by atoms with Crippen molar-refractivity contribution in [3.8, 4) is 0 Å². The van der Waals surface area contributed by atoms with Gasteiger partial charge in [0.25, 0.3) is 5.91 Å². The summed E-state index contributed by atoms with van der Waals surface area (Å²) >= 11 is 0. The standard InChI is InChI=1S/C17H23N3O2.ClH/c21-16(14-4-2-1-3-5-14)19-10-6-15(7-11-19)17(22)20-12-8-18-9-13-20;/h1-5,15,18H,6-13H2;1H. The quantitative estimate of drug-likeness (QED) is 0.887. The average molecular weight is 338 g/mol. The Balaban J connectivity index is 0.00000192. The number of nitrogens with zero attached hydrogens (tertiary/aromatic N) is 2. The van der Waals surface area contributed by atoms with E-state index in [1.807, 2.05) is 40.1 Å². The van der Waals surface area contributed by atoms with Gasteiger partial charge >= 0.3 is 0 Å². The van der Waals surface area contributed by atoms with Crippen molar-refractivity contribution >= 4 is 24.2 Å². The van der Waals surface area contributed by atoms with Crippen LogP contribution in [-0.4, -0.2) is 60.9 Å². The Morgan fingerprint density at radius 2 is 1.52 bits per heavy atom. The molecule has 2 amide bonds. The number of piperazine rings is 1. The fourth-order valence-electron chi connectivity index (χ4n) is 3.24. The van der Waals surface area contributed by atoms with Crippen molar-refractivity contribution in [1.29, 1.82) is 0 Å². The summed E-state index contributed by atoms with van der Waals surface area (Å²) in [7, 11) is 0. The lowest BCUT2D eigenvalue weighted by Gasteiger charge is -2.35. The van der Waals surface area contributed by atoms with Crippen LogP contribution in [0.4, 0.5) is 0 Å². The van der Waals surface area contributed by atoms with Crippen LogP contribution in [0.15, 0.2) is 30.3 Å². The number of piperidine rings is 1. The molecule has 0 aliphatic carbocycles. The molecule has 1 N–H and O–H groups in total. The smallest absolute Gasteiger partial charge is 0.253 e. The summed E-state index contributed by atoms with van der Waals surface area (Å²) in [6, 6.07) is 9.37. The van der Waals surface area contributed by atoms with Gasteiger partial charge in [0.2, 0.25) is 5.91 Å². The van der Waals surface area contributed by atoms with E-state index in [0.29, 0.717) is 13.1 Å². The molecule has 0 atom stereocenters. The third kappa shape index (κ3) is 4.24. The van der Waals surface area contributed by atoms with E-state index in [4.69, 9.17) is 0 Å². The van der Waals surface area contributed by atoms with Crippen LogP contribution in [0, 0.1) is 5.92 Å². The highest BCUT2D eigenvalue weighted by Crippen LogP contribution is 2.21.